The summed E-state index contributed by atoms with van der Waals surface area (Å²) in [6.45, 7) is 11.9. The number of primary amides is 1. The smallest absolute Gasteiger partial charge is 0.408 e. The van der Waals surface area contributed by atoms with Gasteiger partial charge in [-0.15, -0.1) is 0 Å². The van der Waals surface area contributed by atoms with Gasteiger partial charge in [0.25, 0.3) is 5.91 Å². The number of alkyl carbamates (subject to hydrolysis) is 1. The molecule has 0 aliphatic heterocycles. The monoisotopic (exact) mass is 747 g/mol. The van der Waals surface area contributed by atoms with Gasteiger partial charge in [-0.1, -0.05) is 71.9 Å². The number of guanidine groups is 1. The Morgan fingerprint density at radius 3 is 1.81 bits per heavy atom. The molecule has 0 radical (unpaired) electrons. The van der Waals surface area contributed by atoms with Gasteiger partial charge in [-0.3, -0.25) is 34.4 Å². The van der Waals surface area contributed by atoms with E-state index in [1.165, 1.54) is 6.92 Å². The first-order chi connectivity index (χ1) is 24.8. The second-order valence-electron chi connectivity index (χ2n) is 13.6. The molecule has 0 heterocycles. The van der Waals surface area contributed by atoms with Gasteiger partial charge in [0.2, 0.25) is 23.6 Å². The summed E-state index contributed by atoms with van der Waals surface area (Å²) in [5.74, 6) is -4.66. The molecule has 5 atom stereocenters. The van der Waals surface area contributed by atoms with Gasteiger partial charge in [-0.05, 0) is 49.5 Å². The number of hydrogen-bond donors (Lipinski definition) is 10. The van der Waals surface area contributed by atoms with Crippen LogP contribution >= 0.6 is 0 Å². The van der Waals surface area contributed by atoms with Crippen LogP contribution < -0.4 is 54.6 Å². The maximum atomic E-state index is 13.6. The molecule has 0 saturated heterocycles. The van der Waals surface area contributed by atoms with Gasteiger partial charge < -0.3 is 48.5 Å². The summed E-state index contributed by atoms with van der Waals surface area (Å²) in [6.07, 6.45) is -0.264. The van der Waals surface area contributed by atoms with Crippen molar-refractivity contribution in [2.75, 3.05) is 6.54 Å². The van der Waals surface area contributed by atoms with Crippen LogP contribution in [0.2, 0.25) is 0 Å². The van der Waals surface area contributed by atoms with E-state index in [0.717, 1.165) is 5.56 Å². The summed E-state index contributed by atoms with van der Waals surface area (Å²) in [5, 5.41) is 12.7. The van der Waals surface area contributed by atoms with Gasteiger partial charge in [0, 0.05) is 6.54 Å². The number of ether oxygens (including phenoxy) is 1. The standard InChI is InChI=1S/C34H57N11O8/c1-18(2)16-24(40-28(47)23(14-11-15-38-32(36)37)41-34(52)53-17-22-12-9-8-10-13-22)29(48)42-26(20(5)6)31(50)44-45-33(51)43-25(19(3)4)30(49)39-21(7)27(35)46/h8-10,12-13,18-21,23-26H,11,14-17H2,1-7H3,(H2,35,46)(H,39,49)(H,40,47)(H,41,52)(H,42,48)(H,44,50)(H4,36,37,38)(H2,43,45,51)/t21-,23-,24-,25-,26-/m0/s1. The Bertz CT molecular complexity index is 1420. The number of nitrogens with one attached hydrogen (secondary N) is 7. The van der Waals surface area contributed by atoms with Gasteiger partial charge in [-0.2, -0.15) is 0 Å². The lowest BCUT2D eigenvalue weighted by Gasteiger charge is -2.28. The fourth-order valence-electron chi connectivity index (χ4n) is 4.73. The number of hydrogen-bond acceptors (Lipinski definition) is 9. The molecule has 0 spiro atoms. The highest BCUT2D eigenvalue weighted by atomic mass is 16.5. The average molecular weight is 748 g/mol. The van der Waals surface area contributed by atoms with Crippen molar-refractivity contribution < 1.29 is 38.3 Å². The van der Waals surface area contributed by atoms with Crippen molar-refractivity contribution in [3.63, 3.8) is 0 Å². The lowest BCUT2D eigenvalue weighted by Crippen LogP contribution is -2.61. The van der Waals surface area contributed by atoms with Crippen molar-refractivity contribution >= 4 is 47.6 Å². The van der Waals surface area contributed by atoms with E-state index in [0.29, 0.717) is 6.42 Å². The maximum absolute atomic E-state index is 13.6. The number of rotatable bonds is 20. The molecule has 53 heavy (non-hydrogen) atoms. The van der Waals surface area contributed by atoms with Crippen molar-refractivity contribution in [2.24, 2.45) is 39.9 Å². The van der Waals surface area contributed by atoms with Crippen LogP contribution in [0.3, 0.4) is 0 Å². The third kappa shape index (κ3) is 17.9. The zero-order valence-corrected chi connectivity index (χ0v) is 31.5. The quantitative estimate of drug-likeness (QED) is 0.0348. The van der Waals surface area contributed by atoms with Crippen LogP contribution in [0, 0.1) is 17.8 Å². The Hall–Kier alpha value is -5.62. The number of carbonyl (C=O) groups is 7. The summed E-state index contributed by atoms with van der Waals surface area (Å²) in [5.41, 5.74) is 21.1. The van der Waals surface area contributed by atoms with Crippen LogP contribution in [-0.2, 0) is 35.3 Å². The van der Waals surface area contributed by atoms with Crippen molar-refractivity contribution in [3.8, 4) is 0 Å². The molecule has 1 rings (SSSR count). The molecule has 0 aromatic heterocycles. The van der Waals surface area contributed by atoms with Gasteiger partial charge >= 0.3 is 12.1 Å². The third-order valence-corrected chi connectivity index (χ3v) is 7.67. The minimum Gasteiger partial charge on any atom is -0.445 e. The Morgan fingerprint density at radius 2 is 1.26 bits per heavy atom. The molecule has 0 fully saturated rings. The molecule has 1 aromatic carbocycles. The predicted octanol–water partition coefficient (Wildman–Crippen LogP) is -0.648. The van der Waals surface area contributed by atoms with Crippen molar-refractivity contribution in [2.45, 2.75) is 105 Å². The molecule has 19 nitrogen and oxygen atoms in total. The Balaban J connectivity index is 3.01. The van der Waals surface area contributed by atoms with E-state index < -0.39 is 83.7 Å². The fraction of sp³-hybridized carbons (Fsp3) is 0.588. The first kappa shape index (κ1) is 45.4. The van der Waals surface area contributed by atoms with E-state index in [1.807, 2.05) is 19.9 Å². The molecule has 0 saturated carbocycles. The van der Waals surface area contributed by atoms with E-state index in [1.54, 1.807) is 52.0 Å². The van der Waals surface area contributed by atoms with Gasteiger partial charge in [-0.25, -0.2) is 15.0 Å². The second-order valence-corrected chi connectivity index (χ2v) is 13.6. The number of nitrogens with zero attached hydrogens (tertiary/aromatic N) is 1. The summed E-state index contributed by atoms with van der Waals surface area (Å²) < 4.78 is 5.29. The van der Waals surface area contributed by atoms with E-state index in [4.69, 9.17) is 21.9 Å². The van der Waals surface area contributed by atoms with Crippen molar-refractivity contribution in [1.82, 2.24) is 37.4 Å². The normalized spacial score (nSPS) is 13.7. The maximum Gasteiger partial charge on any atom is 0.408 e. The fourth-order valence-corrected chi connectivity index (χ4v) is 4.73. The molecule has 0 unspecified atom stereocenters. The Kier molecular flexibility index (Phi) is 19.7. The van der Waals surface area contributed by atoms with Crippen molar-refractivity contribution in [3.05, 3.63) is 35.9 Å². The summed E-state index contributed by atoms with van der Waals surface area (Å²) in [7, 11) is 0. The third-order valence-electron chi connectivity index (χ3n) is 7.67. The number of benzene rings is 1. The predicted molar refractivity (Wildman–Crippen MR) is 197 cm³/mol. The summed E-state index contributed by atoms with van der Waals surface area (Å²) in [6, 6.07) is 2.54. The minimum absolute atomic E-state index is 0.0353. The summed E-state index contributed by atoms with van der Waals surface area (Å²) in [4.78, 5) is 93.5. The van der Waals surface area contributed by atoms with Gasteiger partial charge in [0.15, 0.2) is 5.96 Å². The highest BCUT2D eigenvalue weighted by Gasteiger charge is 2.32. The van der Waals surface area contributed by atoms with E-state index >= 15 is 0 Å². The van der Waals surface area contributed by atoms with Gasteiger partial charge in [0.1, 0.15) is 36.8 Å². The molecule has 1 aromatic rings. The lowest BCUT2D eigenvalue weighted by atomic mass is 9.99. The van der Waals surface area contributed by atoms with E-state index in [-0.39, 0.29) is 37.9 Å². The number of nitrogens with two attached hydrogens (primary N) is 3. The van der Waals surface area contributed by atoms with Crippen LogP contribution in [-0.4, -0.2) is 84.4 Å². The second kappa shape index (κ2) is 23.0. The molecule has 0 aliphatic carbocycles. The van der Waals surface area contributed by atoms with Crippen LogP contribution in [0.1, 0.15) is 73.3 Å². The number of amides is 8. The molecule has 0 bridgehead atoms. The molecular weight excluding hydrogens is 690 g/mol. The molecule has 296 valence electrons. The average Bonchev–Trinajstić information content (AvgIpc) is 3.08. The van der Waals surface area contributed by atoms with Crippen molar-refractivity contribution in [1.29, 1.82) is 0 Å². The number of hydrazine groups is 1. The van der Waals surface area contributed by atoms with E-state index in [9.17, 15) is 33.6 Å². The Morgan fingerprint density at radius 1 is 0.679 bits per heavy atom. The molecule has 13 N–H and O–H groups in total. The molecular formula is C34H57N11O8. The first-order valence-electron chi connectivity index (χ1n) is 17.4. The highest BCUT2D eigenvalue weighted by molar-refractivity contribution is 5.95. The lowest BCUT2D eigenvalue weighted by molar-refractivity contribution is -0.133. The SMILES string of the molecule is CC(C)C[C@H](NC(=O)[C@H](CCCN=C(N)N)NC(=O)OCc1ccccc1)C(=O)N[C@H](C(=O)NNC(=O)N[C@H](C(=O)N[C@@H](C)C(N)=O)C(C)C)C(C)C. The van der Waals surface area contributed by atoms with E-state index in [2.05, 4.69) is 42.4 Å². The highest BCUT2D eigenvalue weighted by Crippen LogP contribution is 2.10. The minimum atomic E-state index is -1.17. The number of carbonyl (C=O) groups excluding carboxylic acids is 7. The number of aliphatic imine (C=N–C) groups is 1. The number of urea groups is 1. The molecule has 8 amide bonds. The Labute approximate surface area is 310 Å². The van der Waals surface area contributed by atoms with Crippen LogP contribution in [0.25, 0.3) is 0 Å². The topological polar surface area (TPSA) is 303 Å². The summed E-state index contributed by atoms with van der Waals surface area (Å²) >= 11 is 0. The molecule has 0 aliphatic rings. The van der Waals surface area contributed by atoms with Gasteiger partial charge in [0.05, 0.1) is 0 Å². The van der Waals surface area contributed by atoms with Crippen LogP contribution in [0.5, 0.6) is 0 Å². The zero-order valence-electron chi connectivity index (χ0n) is 31.5. The van der Waals surface area contributed by atoms with Crippen LogP contribution in [0.15, 0.2) is 35.3 Å². The largest absolute Gasteiger partial charge is 0.445 e. The zero-order chi connectivity index (χ0) is 40.2. The molecule has 19 heteroatoms. The van der Waals surface area contributed by atoms with Crippen LogP contribution in [0.4, 0.5) is 9.59 Å². The first-order valence-corrected chi connectivity index (χ1v) is 17.4.